The second-order valence-corrected chi connectivity index (χ2v) is 5.88. The minimum absolute atomic E-state index is 0.893. The quantitative estimate of drug-likeness (QED) is 0.546. The van der Waals surface area contributed by atoms with Crippen LogP contribution in [0, 0.1) is 6.92 Å². The fourth-order valence-electron chi connectivity index (χ4n) is 2.42. The van der Waals surface area contributed by atoms with Crippen molar-refractivity contribution in [3.63, 3.8) is 0 Å². The van der Waals surface area contributed by atoms with E-state index in [1.807, 2.05) is 24.4 Å². The predicted molar refractivity (Wildman–Crippen MR) is 86.9 cm³/mol. The molecule has 4 aromatic rings. The summed E-state index contributed by atoms with van der Waals surface area (Å²) in [6.07, 6.45) is 1.81. The molecule has 0 atom stereocenters. The maximum absolute atomic E-state index is 4.76. The molecule has 0 aliphatic heterocycles. The predicted octanol–water partition coefficient (Wildman–Crippen LogP) is 4.46. The van der Waals surface area contributed by atoms with Crippen molar-refractivity contribution in [3.8, 4) is 16.4 Å². The zero-order valence-electron chi connectivity index (χ0n) is 11.5. The Bertz CT molecular complexity index is 890. The van der Waals surface area contributed by atoms with Gasteiger partial charge >= 0.3 is 0 Å². The van der Waals surface area contributed by atoms with Crippen molar-refractivity contribution in [2.75, 3.05) is 0 Å². The largest absolute Gasteiger partial charge is 0.276 e. The molecule has 0 bridgehead atoms. The van der Waals surface area contributed by atoms with Crippen LogP contribution >= 0.6 is 11.3 Å². The molecule has 0 spiro atoms. The molecule has 4 rings (SSSR count). The third kappa shape index (κ3) is 2.04. The van der Waals surface area contributed by atoms with Crippen LogP contribution in [0.25, 0.3) is 27.6 Å². The average Bonchev–Trinajstić information content (AvgIpc) is 3.15. The SMILES string of the molecule is Cc1ccc(-n2c(-c3cccs3)nc3cccnc32)cc1. The number of aryl methyl sites for hydroxylation is 1. The Morgan fingerprint density at radius 1 is 1.00 bits per heavy atom. The van der Waals surface area contributed by atoms with Gasteiger partial charge in [0.1, 0.15) is 5.52 Å². The summed E-state index contributed by atoms with van der Waals surface area (Å²) >= 11 is 1.69. The summed E-state index contributed by atoms with van der Waals surface area (Å²) in [6.45, 7) is 2.09. The van der Waals surface area contributed by atoms with Gasteiger partial charge in [-0.2, -0.15) is 0 Å². The molecular weight excluding hydrogens is 278 g/mol. The number of nitrogens with zero attached hydrogens (tertiary/aromatic N) is 3. The molecule has 0 N–H and O–H groups in total. The van der Waals surface area contributed by atoms with Crippen LogP contribution in [0.4, 0.5) is 0 Å². The van der Waals surface area contributed by atoms with E-state index in [9.17, 15) is 0 Å². The Hall–Kier alpha value is -2.46. The zero-order chi connectivity index (χ0) is 14.2. The highest BCUT2D eigenvalue weighted by Gasteiger charge is 2.15. The average molecular weight is 291 g/mol. The lowest BCUT2D eigenvalue weighted by molar-refractivity contribution is 1.08. The Morgan fingerprint density at radius 3 is 2.62 bits per heavy atom. The lowest BCUT2D eigenvalue weighted by Crippen LogP contribution is -1.97. The standard InChI is InChI=1S/C17H13N3S/c1-12-6-8-13(9-7-12)20-16-14(4-2-10-18-16)19-17(20)15-5-3-11-21-15/h2-11H,1H3. The first-order valence-electron chi connectivity index (χ1n) is 6.77. The normalized spacial score (nSPS) is 11.1. The van der Waals surface area contributed by atoms with E-state index in [1.165, 1.54) is 5.56 Å². The molecule has 3 nitrogen and oxygen atoms in total. The van der Waals surface area contributed by atoms with E-state index in [-0.39, 0.29) is 0 Å². The Labute approximate surface area is 126 Å². The topological polar surface area (TPSA) is 30.7 Å². The van der Waals surface area contributed by atoms with Crippen molar-refractivity contribution >= 4 is 22.5 Å². The molecule has 0 aliphatic carbocycles. The van der Waals surface area contributed by atoms with Gasteiger partial charge in [-0.05, 0) is 42.6 Å². The van der Waals surface area contributed by atoms with Crippen LogP contribution in [0.15, 0.2) is 60.1 Å². The van der Waals surface area contributed by atoms with Gasteiger partial charge in [0.05, 0.1) is 4.88 Å². The number of hydrogen-bond donors (Lipinski definition) is 0. The highest BCUT2D eigenvalue weighted by molar-refractivity contribution is 7.13. The van der Waals surface area contributed by atoms with Crippen LogP contribution in [-0.2, 0) is 0 Å². The van der Waals surface area contributed by atoms with Gasteiger partial charge in [-0.25, -0.2) is 9.97 Å². The smallest absolute Gasteiger partial charge is 0.164 e. The number of thiophene rings is 1. The Balaban J connectivity index is 2.05. The van der Waals surface area contributed by atoms with E-state index >= 15 is 0 Å². The molecule has 4 heteroatoms. The van der Waals surface area contributed by atoms with Gasteiger partial charge in [0, 0.05) is 11.9 Å². The molecule has 0 saturated carbocycles. The maximum Gasteiger partial charge on any atom is 0.164 e. The fourth-order valence-corrected chi connectivity index (χ4v) is 3.13. The van der Waals surface area contributed by atoms with Gasteiger partial charge in [-0.3, -0.25) is 4.57 Å². The van der Waals surface area contributed by atoms with Crippen LogP contribution in [0.5, 0.6) is 0 Å². The van der Waals surface area contributed by atoms with E-state index < -0.39 is 0 Å². The first-order chi connectivity index (χ1) is 10.3. The van der Waals surface area contributed by atoms with Crippen molar-refractivity contribution < 1.29 is 0 Å². The van der Waals surface area contributed by atoms with Crippen molar-refractivity contribution in [1.82, 2.24) is 14.5 Å². The summed E-state index contributed by atoms with van der Waals surface area (Å²) in [5, 5.41) is 2.07. The van der Waals surface area contributed by atoms with Crippen LogP contribution in [0.2, 0.25) is 0 Å². The number of fused-ring (bicyclic) bond motifs is 1. The van der Waals surface area contributed by atoms with Crippen molar-refractivity contribution in [2.24, 2.45) is 0 Å². The monoisotopic (exact) mass is 291 g/mol. The van der Waals surface area contributed by atoms with Crippen molar-refractivity contribution in [3.05, 3.63) is 65.7 Å². The number of hydrogen-bond acceptors (Lipinski definition) is 3. The molecule has 0 amide bonds. The van der Waals surface area contributed by atoms with Gasteiger partial charge in [0.25, 0.3) is 0 Å². The van der Waals surface area contributed by atoms with E-state index in [4.69, 9.17) is 4.98 Å². The molecule has 3 aromatic heterocycles. The summed E-state index contributed by atoms with van der Waals surface area (Å²) in [6, 6.07) is 16.5. The molecule has 3 heterocycles. The third-order valence-electron chi connectivity index (χ3n) is 3.45. The lowest BCUT2D eigenvalue weighted by Gasteiger charge is -2.07. The van der Waals surface area contributed by atoms with Gasteiger partial charge in [-0.1, -0.05) is 23.8 Å². The third-order valence-corrected chi connectivity index (χ3v) is 4.32. The Kier molecular flexibility index (Phi) is 2.82. The summed E-state index contributed by atoms with van der Waals surface area (Å²) < 4.78 is 2.13. The van der Waals surface area contributed by atoms with Crippen molar-refractivity contribution in [2.45, 2.75) is 6.92 Å². The Morgan fingerprint density at radius 2 is 1.86 bits per heavy atom. The van der Waals surface area contributed by atoms with E-state index in [2.05, 4.69) is 52.2 Å². The number of pyridine rings is 1. The number of benzene rings is 1. The summed E-state index contributed by atoms with van der Waals surface area (Å²) in [5.74, 6) is 0.947. The number of aromatic nitrogens is 3. The lowest BCUT2D eigenvalue weighted by atomic mass is 10.2. The number of imidazole rings is 1. The second-order valence-electron chi connectivity index (χ2n) is 4.93. The molecule has 0 aliphatic rings. The van der Waals surface area contributed by atoms with E-state index in [1.54, 1.807) is 11.3 Å². The molecule has 102 valence electrons. The first-order valence-corrected chi connectivity index (χ1v) is 7.65. The number of rotatable bonds is 2. The fraction of sp³-hybridized carbons (Fsp3) is 0.0588. The molecule has 0 unspecified atom stereocenters. The molecular formula is C17H13N3S. The van der Waals surface area contributed by atoms with Gasteiger partial charge < -0.3 is 0 Å². The second kappa shape index (κ2) is 4.82. The van der Waals surface area contributed by atoms with Crippen LogP contribution in [0.1, 0.15) is 5.56 Å². The van der Waals surface area contributed by atoms with Crippen LogP contribution < -0.4 is 0 Å². The highest BCUT2D eigenvalue weighted by Crippen LogP contribution is 2.30. The molecule has 21 heavy (non-hydrogen) atoms. The maximum atomic E-state index is 4.76. The molecule has 0 saturated heterocycles. The van der Waals surface area contributed by atoms with Crippen molar-refractivity contribution in [1.29, 1.82) is 0 Å². The summed E-state index contributed by atoms with van der Waals surface area (Å²) in [5.41, 5.74) is 4.14. The molecule has 0 fully saturated rings. The zero-order valence-corrected chi connectivity index (χ0v) is 12.3. The van der Waals surface area contributed by atoms with Gasteiger partial charge in [-0.15, -0.1) is 11.3 Å². The first kappa shape index (κ1) is 12.3. The summed E-state index contributed by atoms with van der Waals surface area (Å²) in [7, 11) is 0. The molecule has 1 aromatic carbocycles. The van der Waals surface area contributed by atoms with Gasteiger partial charge in [0.15, 0.2) is 11.5 Å². The van der Waals surface area contributed by atoms with Gasteiger partial charge in [0.2, 0.25) is 0 Å². The highest BCUT2D eigenvalue weighted by atomic mass is 32.1. The minimum atomic E-state index is 0.893. The molecule has 0 radical (unpaired) electrons. The summed E-state index contributed by atoms with van der Waals surface area (Å²) in [4.78, 5) is 10.4. The minimum Gasteiger partial charge on any atom is -0.276 e. The van der Waals surface area contributed by atoms with E-state index in [0.29, 0.717) is 0 Å². The van der Waals surface area contributed by atoms with E-state index in [0.717, 1.165) is 27.6 Å². The van der Waals surface area contributed by atoms with Crippen LogP contribution in [0.3, 0.4) is 0 Å². The van der Waals surface area contributed by atoms with Crippen LogP contribution in [-0.4, -0.2) is 14.5 Å².